The van der Waals surface area contributed by atoms with Gasteiger partial charge in [-0.05, 0) is 24.7 Å². The minimum atomic E-state index is -3.44. The van der Waals surface area contributed by atoms with Crippen LogP contribution in [0.15, 0.2) is 0 Å². The van der Waals surface area contributed by atoms with Crippen LogP contribution in [0.2, 0.25) is 0 Å². The van der Waals surface area contributed by atoms with Crippen LogP contribution in [0, 0.1) is 11.8 Å². The fourth-order valence-electron chi connectivity index (χ4n) is 2.61. The quantitative estimate of drug-likeness (QED) is 0.758. The molecule has 0 heterocycles. The Bertz CT molecular complexity index is 395. The molecule has 0 amide bonds. The number of thiocarbonyl (C=S) groups is 1. The second-order valence-electron chi connectivity index (χ2n) is 5.34. The Kier molecular flexibility index (Phi) is 5.55. The third-order valence-electron chi connectivity index (χ3n) is 4.09. The summed E-state index contributed by atoms with van der Waals surface area (Å²) in [5, 5.41) is -0.753. The molecule has 0 aromatic rings. The highest BCUT2D eigenvalue weighted by Gasteiger charge is 2.34. The van der Waals surface area contributed by atoms with Crippen LogP contribution in [0.4, 0.5) is 0 Å². The molecular formula is C12H24N2O2S2. The summed E-state index contributed by atoms with van der Waals surface area (Å²) in [5.74, 6) is 0.911. The van der Waals surface area contributed by atoms with Crippen LogP contribution >= 0.6 is 12.2 Å². The van der Waals surface area contributed by atoms with E-state index in [0.717, 1.165) is 12.8 Å². The standard InChI is InChI=1S/C12H24N2O2S2/c1-4-11(12(13)17)18(15,16)14-10-7-5-6-8(2)9(10)3/h8-11,14H,4-7H2,1-3H3,(H2,13,17). The topological polar surface area (TPSA) is 72.2 Å². The van der Waals surface area contributed by atoms with Crippen molar-refractivity contribution in [2.24, 2.45) is 17.6 Å². The summed E-state index contributed by atoms with van der Waals surface area (Å²) in [7, 11) is -3.44. The van der Waals surface area contributed by atoms with Gasteiger partial charge >= 0.3 is 0 Å². The molecule has 0 aliphatic heterocycles. The molecule has 4 unspecified atom stereocenters. The Balaban J connectivity index is 2.79. The fourth-order valence-corrected chi connectivity index (χ4v) is 4.83. The first-order valence-electron chi connectivity index (χ1n) is 6.60. The first kappa shape index (κ1) is 15.9. The molecule has 4 atom stereocenters. The predicted octanol–water partition coefficient (Wildman–Crippen LogP) is 1.80. The average Bonchev–Trinajstić information content (AvgIpc) is 2.24. The van der Waals surface area contributed by atoms with E-state index in [2.05, 4.69) is 18.6 Å². The molecule has 0 radical (unpaired) electrons. The van der Waals surface area contributed by atoms with Gasteiger partial charge in [0.25, 0.3) is 0 Å². The number of sulfonamides is 1. The number of nitrogens with two attached hydrogens (primary N) is 1. The Morgan fingerprint density at radius 1 is 1.44 bits per heavy atom. The van der Waals surface area contributed by atoms with E-state index in [0.29, 0.717) is 18.3 Å². The summed E-state index contributed by atoms with van der Waals surface area (Å²) >= 11 is 4.84. The van der Waals surface area contributed by atoms with Gasteiger partial charge in [-0.25, -0.2) is 13.1 Å². The lowest BCUT2D eigenvalue weighted by Crippen LogP contribution is -2.49. The highest BCUT2D eigenvalue weighted by molar-refractivity contribution is 7.93. The van der Waals surface area contributed by atoms with Crippen LogP contribution in [-0.2, 0) is 10.0 Å². The van der Waals surface area contributed by atoms with Crippen LogP contribution in [0.3, 0.4) is 0 Å². The highest BCUT2D eigenvalue weighted by Crippen LogP contribution is 2.30. The Morgan fingerprint density at radius 3 is 2.56 bits per heavy atom. The highest BCUT2D eigenvalue weighted by atomic mass is 32.2. The van der Waals surface area contributed by atoms with Gasteiger partial charge < -0.3 is 5.73 Å². The molecule has 1 aliphatic carbocycles. The number of hydrogen-bond acceptors (Lipinski definition) is 3. The zero-order valence-corrected chi connectivity index (χ0v) is 13.0. The molecule has 1 aliphatic rings. The molecule has 6 heteroatoms. The molecule has 3 N–H and O–H groups in total. The molecule has 4 nitrogen and oxygen atoms in total. The smallest absolute Gasteiger partial charge is 0.221 e. The largest absolute Gasteiger partial charge is 0.392 e. The molecule has 0 aromatic heterocycles. The molecule has 106 valence electrons. The second kappa shape index (κ2) is 6.30. The van der Waals surface area contributed by atoms with Crippen molar-refractivity contribution in [2.75, 3.05) is 0 Å². The Hall–Kier alpha value is -0.200. The van der Waals surface area contributed by atoms with E-state index in [4.69, 9.17) is 18.0 Å². The molecule has 18 heavy (non-hydrogen) atoms. The lowest BCUT2D eigenvalue weighted by Gasteiger charge is -2.35. The van der Waals surface area contributed by atoms with Crippen LogP contribution in [0.5, 0.6) is 0 Å². The normalized spacial score (nSPS) is 30.9. The third kappa shape index (κ3) is 3.65. The van der Waals surface area contributed by atoms with E-state index < -0.39 is 15.3 Å². The van der Waals surface area contributed by atoms with E-state index in [-0.39, 0.29) is 11.0 Å². The summed E-state index contributed by atoms with van der Waals surface area (Å²) in [6, 6.07) is 0.0159. The third-order valence-corrected chi connectivity index (χ3v) is 6.49. The van der Waals surface area contributed by atoms with Crippen molar-refractivity contribution >= 4 is 27.2 Å². The lowest BCUT2D eigenvalue weighted by atomic mass is 9.78. The Morgan fingerprint density at radius 2 is 2.06 bits per heavy atom. The van der Waals surface area contributed by atoms with Crippen LogP contribution in [-0.4, -0.2) is 24.7 Å². The van der Waals surface area contributed by atoms with Gasteiger partial charge in [-0.1, -0.05) is 45.8 Å². The van der Waals surface area contributed by atoms with Crippen molar-refractivity contribution in [3.8, 4) is 0 Å². The monoisotopic (exact) mass is 292 g/mol. The fraction of sp³-hybridized carbons (Fsp3) is 0.917. The first-order valence-corrected chi connectivity index (χ1v) is 8.55. The minimum Gasteiger partial charge on any atom is -0.392 e. The molecule has 0 aromatic carbocycles. The molecule has 1 fully saturated rings. The van der Waals surface area contributed by atoms with Crippen molar-refractivity contribution in [3.05, 3.63) is 0 Å². The minimum absolute atomic E-state index is 0.0159. The summed E-state index contributed by atoms with van der Waals surface area (Å²) < 4.78 is 27.3. The maximum Gasteiger partial charge on any atom is 0.221 e. The van der Waals surface area contributed by atoms with E-state index >= 15 is 0 Å². The van der Waals surface area contributed by atoms with E-state index in [1.807, 2.05) is 0 Å². The number of nitrogens with one attached hydrogen (secondary N) is 1. The van der Waals surface area contributed by atoms with Gasteiger partial charge in [0.15, 0.2) is 0 Å². The van der Waals surface area contributed by atoms with Gasteiger partial charge in [-0.2, -0.15) is 0 Å². The van der Waals surface area contributed by atoms with Crippen molar-refractivity contribution in [3.63, 3.8) is 0 Å². The van der Waals surface area contributed by atoms with Crippen LogP contribution < -0.4 is 10.5 Å². The molecule has 0 saturated heterocycles. The number of hydrogen-bond donors (Lipinski definition) is 2. The lowest BCUT2D eigenvalue weighted by molar-refractivity contribution is 0.226. The summed E-state index contributed by atoms with van der Waals surface area (Å²) in [4.78, 5) is 0.0570. The van der Waals surface area contributed by atoms with E-state index in [9.17, 15) is 8.42 Å². The van der Waals surface area contributed by atoms with Crippen molar-refractivity contribution < 1.29 is 8.42 Å². The molecule has 0 spiro atoms. The summed E-state index contributed by atoms with van der Waals surface area (Å²) in [5.41, 5.74) is 5.51. The maximum atomic E-state index is 12.2. The zero-order chi connectivity index (χ0) is 13.9. The SMILES string of the molecule is CCC(C(N)=S)S(=O)(=O)NC1CCCC(C)C1C. The summed E-state index contributed by atoms with van der Waals surface area (Å²) in [6.07, 6.45) is 3.56. The Labute approximate surface area is 116 Å². The van der Waals surface area contributed by atoms with Crippen molar-refractivity contribution in [2.45, 2.75) is 57.7 Å². The van der Waals surface area contributed by atoms with Gasteiger partial charge in [0.1, 0.15) is 5.25 Å². The van der Waals surface area contributed by atoms with Gasteiger partial charge in [0.05, 0.1) is 4.99 Å². The second-order valence-corrected chi connectivity index (χ2v) is 7.70. The van der Waals surface area contributed by atoms with Crippen molar-refractivity contribution in [1.29, 1.82) is 0 Å². The van der Waals surface area contributed by atoms with Gasteiger partial charge in [-0.15, -0.1) is 0 Å². The van der Waals surface area contributed by atoms with Gasteiger partial charge in [0, 0.05) is 6.04 Å². The first-order chi connectivity index (χ1) is 8.29. The molecule has 1 rings (SSSR count). The predicted molar refractivity (Wildman–Crippen MR) is 78.9 cm³/mol. The van der Waals surface area contributed by atoms with Crippen molar-refractivity contribution in [1.82, 2.24) is 4.72 Å². The van der Waals surface area contributed by atoms with Gasteiger partial charge in [-0.3, -0.25) is 0 Å². The maximum absolute atomic E-state index is 12.2. The van der Waals surface area contributed by atoms with Crippen LogP contribution in [0.25, 0.3) is 0 Å². The van der Waals surface area contributed by atoms with E-state index in [1.165, 1.54) is 6.42 Å². The molecule has 1 saturated carbocycles. The van der Waals surface area contributed by atoms with E-state index in [1.54, 1.807) is 6.92 Å². The van der Waals surface area contributed by atoms with Gasteiger partial charge in [0.2, 0.25) is 10.0 Å². The number of rotatable bonds is 5. The molecule has 0 bridgehead atoms. The molecular weight excluding hydrogens is 268 g/mol. The van der Waals surface area contributed by atoms with Crippen LogP contribution in [0.1, 0.15) is 46.5 Å². The zero-order valence-electron chi connectivity index (χ0n) is 11.3. The average molecular weight is 292 g/mol. The summed E-state index contributed by atoms with van der Waals surface area (Å²) in [6.45, 7) is 6.07.